The quantitative estimate of drug-likeness (QED) is 0.530. The zero-order chi connectivity index (χ0) is 20.3. The third-order valence-electron chi connectivity index (χ3n) is 5.49. The molecule has 3 heterocycles. The normalized spacial score (nSPS) is 12.7. The Kier molecular flexibility index (Phi) is 4.81. The Labute approximate surface area is 175 Å². The minimum absolute atomic E-state index is 0.233. The predicted molar refractivity (Wildman–Crippen MR) is 119 cm³/mol. The van der Waals surface area contributed by atoms with Crippen molar-refractivity contribution in [1.29, 1.82) is 0 Å². The minimum atomic E-state index is -0.233. The van der Waals surface area contributed by atoms with Gasteiger partial charge < -0.3 is 19.9 Å². The first kappa shape index (κ1) is 18.2. The Morgan fingerprint density at radius 2 is 1.83 bits per heavy atom. The summed E-state index contributed by atoms with van der Waals surface area (Å²) in [5.74, 6) is 0. The summed E-state index contributed by atoms with van der Waals surface area (Å²) in [6.07, 6.45) is 6.58. The lowest BCUT2D eigenvalue weighted by Gasteiger charge is -2.19. The van der Waals surface area contributed by atoms with Gasteiger partial charge >= 0.3 is 6.03 Å². The van der Waals surface area contributed by atoms with Crippen molar-refractivity contribution in [3.8, 4) is 0 Å². The largest absolute Gasteiger partial charge is 0.367 e. The number of benzene rings is 2. The van der Waals surface area contributed by atoms with Gasteiger partial charge in [0.1, 0.15) is 5.65 Å². The standard InChI is InChI=1S/C24H23N5O/c30-24(27-21-10-13-28-14-11-25-23(28)15-21)26-16-18-5-7-19(8-6-18)17-29-12-9-20-3-1-2-4-22(20)29/h1-8,10-11,13-15H,9,12,16-17H2,(H2,26,27,30). The van der Waals surface area contributed by atoms with E-state index in [1.54, 1.807) is 6.20 Å². The Hall–Kier alpha value is -3.80. The fraction of sp³-hybridized carbons (Fsp3) is 0.167. The summed E-state index contributed by atoms with van der Waals surface area (Å²) in [4.78, 5) is 18.9. The first-order valence-corrected chi connectivity index (χ1v) is 10.1. The summed E-state index contributed by atoms with van der Waals surface area (Å²) in [5, 5.41) is 5.76. The van der Waals surface area contributed by atoms with Gasteiger partial charge in [-0.15, -0.1) is 0 Å². The van der Waals surface area contributed by atoms with Gasteiger partial charge in [-0.1, -0.05) is 42.5 Å². The van der Waals surface area contributed by atoms with Crippen LogP contribution in [0.4, 0.5) is 16.2 Å². The van der Waals surface area contributed by atoms with Crippen molar-refractivity contribution in [1.82, 2.24) is 14.7 Å². The SMILES string of the molecule is O=C(NCc1ccc(CN2CCc3ccccc32)cc1)Nc1ccn2ccnc2c1. The van der Waals surface area contributed by atoms with Crippen LogP contribution in [-0.2, 0) is 19.5 Å². The lowest BCUT2D eigenvalue weighted by atomic mass is 10.1. The van der Waals surface area contributed by atoms with Crippen molar-refractivity contribution in [2.75, 3.05) is 16.8 Å². The molecule has 0 saturated carbocycles. The van der Waals surface area contributed by atoms with Crippen LogP contribution >= 0.6 is 0 Å². The molecule has 2 aromatic heterocycles. The van der Waals surface area contributed by atoms with Crippen LogP contribution in [0, 0.1) is 0 Å². The van der Waals surface area contributed by atoms with Gasteiger partial charge in [0.15, 0.2) is 0 Å². The summed E-state index contributed by atoms with van der Waals surface area (Å²) < 4.78 is 1.89. The van der Waals surface area contributed by atoms with E-state index in [0.29, 0.717) is 12.2 Å². The van der Waals surface area contributed by atoms with Gasteiger partial charge in [0.05, 0.1) is 0 Å². The van der Waals surface area contributed by atoms with E-state index in [0.717, 1.165) is 30.7 Å². The molecule has 1 aliphatic heterocycles. The van der Waals surface area contributed by atoms with Gasteiger partial charge in [0, 0.05) is 55.7 Å². The Bertz CT molecular complexity index is 1180. The number of fused-ring (bicyclic) bond motifs is 2. The van der Waals surface area contributed by atoms with Crippen LogP contribution in [0.25, 0.3) is 5.65 Å². The molecular weight excluding hydrogens is 374 g/mol. The molecule has 0 spiro atoms. The van der Waals surface area contributed by atoms with Crippen LogP contribution < -0.4 is 15.5 Å². The highest BCUT2D eigenvalue weighted by Gasteiger charge is 2.18. The molecule has 150 valence electrons. The van der Waals surface area contributed by atoms with E-state index in [1.807, 2.05) is 28.9 Å². The highest BCUT2D eigenvalue weighted by atomic mass is 16.2. The molecule has 0 fully saturated rings. The number of nitrogens with one attached hydrogen (secondary N) is 2. The number of rotatable bonds is 5. The number of amides is 2. The maximum atomic E-state index is 12.2. The number of nitrogens with zero attached hydrogens (tertiary/aromatic N) is 3. The Morgan fingerprint density at radius 3 is 2.73 bits per heavy atom. The third-order valence-corrected chi connectivity index (χ3v) is 5.49. The van der Waals surface area contributed by atoms with Crippen LogP contribution in [0.15, 0.2) is 79.3 Å². The van der Waals surface area contributed by atoms with Gasteiger partial charge in [-0.3, -0.25) is 0 Å². The number of urea groups is 1. The van der Waals surface area contributed by atoms with Crippen LogP contribution in [0.2, 0.25) is 0 Å². The topological polar surface area (TPSA) is 61.7 Å². The van der Waals surface area contributed by atoms with E-state index < -0.39 is 0 Å². The number of carbonyl (C=O) groups excluding carboxylic acids is 1. The third kappa shape index (κ3) is 3.85. The van der Waals surface area contributed by atoms with Crippen LogP contribution in [0.1, 0.15) is 16.7 Å². The average Bonchev–Trinajstić information content (AvgIpc) is 3.40. The number of carbonyl (C=O) groups is 1. The van der Waals surface area contributed by atoms with E-state index >= 15 is 0 Å². The molecule has 2 amide bonds. The molecule has 0 atom stereocenters. The second kappa shape index (κ2) is 7.91. The minimum Gasteiger partial charge on any atom is -0.367 e. The van der Waals surface area contributed by atoms with Crippen LogP contribution in [-0.4, -0.2) is 22.0 Å². The predicted octanol–water partition coefficient (Wildman–Crippen LogP) is 4.22. The molecule has 30 heavy (non-hydrogen) atoms. The summed E-state index contributed by atoms with van der Waals surface area (Å²) >= 11 is 0. The summed E-state index contributed by atoms with van der Waals surface area (Å²) in [5.41, 5.74) is 6.62. The van der Waals surface area contributed by atoms with Gasteiger partial charge in [-0.2, -0.15) is 0 Å². The zero-order valence-corrected chi connectivity index (χ0v) is 16.6. The maximum Gasteiger partial charge on any atom is 0.319 e. The van der Waals surface area contributed by atoms with Crippen LogP contribution in [0.5, 0.6) is 0 Å². The lowest BCUT2D eigenvalue weighted by molar-refractivity contribution is 0.251. The maximum absolute atomic E-state index is 12.2. The first-order valence-electron chi connectivity index (χ1n) is 10.1. The van der Waals surface area contributed by atoms with Crippen molar-refractivity contribution in [2.24, 2.45) is 0 Å². The van der Waals surface area contributed by atoms with E-state index in [2.05, 4.69) is 69.0 Å². The summed E-state index contributed by atoms with van der Waals surface area (Å²) in [6, 6.07) is 20.5. The zero-order valence-electron chi connectivity index (χ0n) is 16.6. The van der Waals surface area contributed by atoms with E-state index in [9.17, 15) is 4.79 Å². The highest BCUT2D eigenvalue weighted by molar-refractivity contribution is 5.89. The Morgan fingerprint density at radius 1 is 1.00 bits per heavy atom. The van der Waals surface area contributed by atoms with Gasteiger partial charge in [0.2, 0.25) is 0 Å². The smallest absolute Gasteiger partial charge is 0.319 e. The summed E-state index contributed by atoms with van der Waals surface area (Å²) in [6.45, 7) is 2.44. The second-order valence-electron chi connectivity index (χ2n) is 7.53. The van der Waals surface area contributed by atoms with E-state index in [-0.39, 0.29) is 6.03 Å². The molecule has 6 heteroatoms. The van der Waals surface area contributed by atoms with Gasteiger partial charge in [-0.25, -0.2) is 9.78 Å². The molecule has 0 unspecified atom stereocenters. The molecule has 0 radical (unpaired) electrons. The highest BCUT2D eigenvalue weighted by Crippen LogP contribution is 2.28. The van der Waals surface area contributed by atoms with Crippen LogP contribution in [0.3, 0.4) is 0 Å². The number of anilines is 2. The fourth-order valence-corrected chi connectivity index (χ4v) is 3.90. The molecule has 1 aliphatic rings. The average molecular weight is 397 g/mol. The Balaban J connectivity index is 1.15. The number of aromatic nitrogens is 2. The van der Waals surface area contributed by atoms with Crippen molar-refractivity contribution >= 4 is 23.1 Å². The molecule has 6 nitrogen and oxygen atoms in total. The molecule has 0 saturated heterocycles. The number of hydrogen-bond donors (Lipinski definition) is 2. The molecule has 4 aromatic rings. The van der Waals surface area contributed by atoms with Gasteiger partial charge in [0.25, 0.3) is 0 Å². The molecule has 0 bridgehead atoms. The van der Waals surface area contributed by atoms with E-state index in [4.69, 9.17) is 0 Å². The van der Waals surface area contributed by atoms with Crippen molar-refractivity contribution in [3.63, 3.8) is 0 Å². The lowest BCUT2D eigenvalue weighted by Crippen LogP contribution is -2.28. The molecule has 5 rings (SSSR count). The number of para-hydroxylation sites is 1. The fourth-order valence-electron chi connectivity index (χ4n) is 3.90. The molecule has 2 aromatic carbocycles. The van der Waals surface area contributed by atoms with E-state index in [1.165, 1.54) is 16.8 Å². The number of imidazole rings is 1. The first-order chi connectivity index (χ1) is 14.7. The van der Waals surface area contributed by atoms with Gasteiger partial charge in [-0.05, 0) is 35.2 Å². The number of pyridine rings is 1. The second-order valence-corrected chi connectivity index (χ2v) is 7.53. The van der Waals surface area contributed by atoms with Crippen molar-refractivity contribution in [3.05, 3.63) is 95.9 Å². The number of hydrogen-bond acceptors (Lipinski definition) is 3. The van der Waals surface area contributed by atoms with Crippen molar-refractivity contribution in [2.45, 2.75) is 19.5 Å². The monoisotopic (exact) mass is 397 g/mol. The molecule has 2 N–H and O–H groups in total. The summed E-state index contributed by atoms with van der Waals surface area (Å²) in [7, 11) is 0. The molecular formula is C24H23N5O. The molecule has 0 aliphatic carbocycles. The van der Waals surface area contributed by atoms with Crippen molar-refractivity contribution < 1.29 is 4.79 Å².